The van der Waals surface area contributed by atoms with Gasteiger partial charge in [0.25, 0.3) is 5.91 Å². The summed E-state index contributed by atoms with van der Waals surface area (Å²) in [6.07, 6.45) is 0. The van der Waals surface area contributed by atoms with Crippen molar-refractivity contribution in [2.75, 3.05) is 13.7 Å². The van der Waals surface area contributed by atoms with Crippen LogP contribution in [0.15, 0.2) is 84.9 Å². The molecule has 0 aliphatic carbocycles. The average molecular weight is 454 g/mol. The lowest BCUT2D eigenvalue weighted by atomic mass is 10.1. The summed E-state index contributed by atoms with van der Waals surface area (Å²) in [7, 11) is 1.79. The number of hydrogen-bond acceptors (Lipinski definition) is 4. The molecule has 0 saturated carbocycles. The summed E-state index contributed by atoms with van der Waals surface area (Å²) in [5, 5.41) is 4.53. The van der Waals surface area contributed by atoms with E-state index in [9.17, 15) is 9.59 Å². The molecule has 172 valence electrons. The van der Waals surface area contributed by atoms with Crippen LogP contribution in [-0.2, 0) is 11.3 Å². The van der Waals surface area contributed by atoms with Crippen molar-refractivity contribution in [2.24, 2.45) is 0 Å². The summed E-state index contributed by atoms with van der Waals surface area (Å²) < 4.78 is 6.88. The van der Waals surface area contributed by atoms with Gasteiger partial charge in [-0.3, -0.25) is 4.79 Å². The number of benzene rings is 3. The van der Waals surface area contributed by atoms with Gasteiger partial charge in [0, 0.05) is 24.7 Å². The van der Waals surface area contributed by atoms with E-state index in [-0.39, 0.29) is 18.2 Å². The Balaban J connectivity index is 1.64. The zero-order valence-electron chi connectivity index (χ0n) is 19.6. The molecule has 3 aromatic carbocycles. The van der Waals surface area contributed by atoms with E-state index in [1.807, 2.05) is 73.7 Å². The van der Waals surface area contributed by atoms with Crippen LogP contribution < -0.4 is 0 Å². The minimum atomic E-state index is -0.467. The van der Waals surface area contributed by atoms with E-state index in [2.05, 4.69) is 5.10 Å². The summed E-state index contributed by atoms with van der Waals surface area (Å²) in [6, 6.07) is 26.8. The van der Waals surface area contributed by atoms with Crippen molar-refractivity contribution in [1.82, 2.24) is 14.7 Å². The number of ether oxygens (including phenoxy) is 1. The smallest absolute Gasteiger partial charge is 0.358 e. The van der Waals surface area contributed by atoms with Gasteiger partial charge < -0.3 is 9.64 Å². The third-order valence-corrected chi connectivity index (χ3v) is 5.58. The average Bonchev–Trinajstić information content (AvgIpc) is 3.30. The second kappa shape index (κ2) is 10.2. The summed E-state index contributed by atoms with van der Waals surface area (Å²) in [5.41, 5.74) is 5.44. The Morgan fingerprint density at radius 2 is 1.62 bits per heavy atom. The topological polar surface area (TPSA) is 64.4 Å². The third kappa shape index (κ3) is 4.91. The molecule has 6 heteroatoms. The highest BCUT2D eigenvalue weighted by molar-refractivity contribution is 5.94. The van der Waals surface area contributed by atoms with Crippen LogP contribution in [-0.4, -0.2) is 40.2 Å². The zero-order valence-corrected chi connectivity index (χ0v) is 19.6. The SMILES string of the molecule is CCOC(=O)c1cc(-c2ccccc2C)n(-c2ccc(C(=O)N(C)Cc3ccccc3)cc2)n1. The number of hydrogen-bond donors (Lipinski definition) is 0. The molecule has 0 spiro atoms. The molecule has 0 aliphatic rings. The normalized spacial score (nSPS) is 10.7. The summed E-state index contributed by atoms with van der Waals surface area (Å²) in [4.78, 5) is 27.0. The molecular weight excluding hydrogens is 426 g/mol. The minimum absolute atomic E-state index is 0.0674. The highest BCUT2D eigenvalue weighted by Gasteiger charge is 2.19. The van der Waals surface area contributed by atoms with Crippen LogP contribution in [0.4, 0.5) is 0 Å². The molecule has 0 fully saturated rings. The van der Waals surface area contributed by atoms with Gasteiger partial charge in [0.2, 0.25) is 0 Å². The van der Waals surface area contributed by atoms with E-state index >= 15 is 0 Å². The van der Waals surface area contributed by atoms with Gasteiger partial charge in [-0.2, -0.15) is 5.10 Å². The number of aromatic nitrogens is 2. The van der Waals surface area contributed by atoms with Crippen LogP contribution in [0, 0.1) is 6.92 Å². The zero-order chi connectivity index (χ0) is 24.1. The third-order valence-electron chi connectivity index (χ3n) is 5.58. The van der Waals surface area contributed by atoms with E-state index in [1.54, 1.807) is 41.8 Å². The van der Waals surface area contributed by atoms with Gasteiger partial charge in [-0.05, 0) is 55.3 Å². The van der Waals surface area contributed by atoms with Crippen LogP contribution in [0.25, 0.3) is 16.9 Å². The van der Waals surface area contributed by atoms with Gasteiger partial charge in [0.1, 0.15) is 0 Å². The quantitative estimate of drug-likeness (QED) is 0.356. The van der Waals surface area contributed by atoms with E-state index in [1.165, 1.54) is 0 Å². The highest BCUT2D eigenvalue weighted by atomic mass is 16.5. The molecule has 1 amide bonds. The molecule has 34 heavy (non-hydrogen) atoms. The molecule has 0 N–H and O–H groups in total. The lowest BCUT2D eigenvalue weighted by Gasteiger charge is -2.17. The maximum absolute atomic E-state index is 12.9. The number of carbonyl (C=O) groups excluding carboxylic acids is 2. The summed E-state index contributed by atoms with van der Waals surface area (Å²) >= 11 is 0. The van der Waals surface area contributed by atoms with Crippen molar-refractivity contribution in [1.29, 1.82) is 0 Å². The largest absolute Gasteiger partial charge is 0.461 e. The monoisotopic (exact) mass is 453 g/mol. The first-order chi connectivity index (χ1) is 16.5. The molecular formula is C28H27N3O3. The lowest BCUT2D eigenvalue weighted by molar-refractivity contribution is 0.0518. The first kappa shape index (κ1) is 23.0. The Bertz CT molecular complexity index is 1290. The minimum Gasteiger partial charge on any atom is -0.461 e. The molecule has 0 aliphatic heterocycles. The Labute approximate surface area is 199 Å². The van der Waals surface area contributed by atoms with Gasteiger partial charge in [-0.25, -0.2) is 9.48 Å². The van der Waals surface area contributed by atoms with Gasteiger partial charge in [0.15, 0.2) is 5.69 Å². The molecule has 4 aromatic rings. The molecule has 6 nitrogen and oxygen atoms in total. The first-order valence-electron chi connectivity index (χ1n) is 11.2. The van der Waals surface area contributed by atoms with Gasteiger partial charge in [-0.15, -0.1) is 0 Å². The van der Waals surface area contributed by atoms with E-state index in [0.717, 1.165) is 28.1 Å². The second-order valence-corrected chi connectivity index (χ2v) is 8.06. The molecule has 0 unspecified atom stereocenters. The van der Waals surface area contributed by atoms with E-state index in [4.69, 9.17) is 4.74 Å². The number of esters is 1. The Hall–Kier alpha value is -4.19. The number of nitrogens with zero attached hydrogens (tertiary/aromatic N) is 3. The van der Waals surface area contributed by atoms with Crippen molar-refractivity contribution >= 4 is 11.9 Å². The molecule has 0 radical (unpaired) electrons. The first-order valence-corrected chi connectivity index (χ1v) is 11.2. The van der Waals surface area contributed by atoms with Crippen molar-refractivity contribution in [2.45, 2.75) is 20.4 Å². The van der Waals surface area contributed by atoms with Crippen LogP contribution in [0.1, 0.15) is 38.9 Å². The maximum Gasteiger partial charge on any atom is 0.358 e. The summed E-state index contributed by atoms with van der Waals surface area (Å²) in [5.74, 6) is -0.535. The van der Waals surface area contributed by atoms with Crippen LogP contribution in [0.5, 0.6) is 0 Å². The van der Waals surface area contributed by atoms with Gasteiger partial charge in [0.05, 0.1) is 18.0 Å². The standard InChI is InChI=1S/C28H27N3O3/c1-4-34-28(33)25-18-26(24-13-9-8-10-20(24)2)31(29-25)23-16-14-22(15-17-23)27(32)30(3)19-21-11-6-5-7-12-21/h5-18H,4,19H2,1-3H3. The molecule has 0 atom stereocenters. The number of carbonyl (C=O) groups is 2. The molecule has 4 rings (SSSR count). The molecule has 0 bridgehead atoms. The molecule has 1 heterocycles. The van der Waals surface area contributed by atoms with Gasteiger partial charge >= 0.3 is 5.97 Å². The Morgan fingerprint density at radius 3 is 2.29 bits per heavy atom. The van der Waals surface area contributed by atoms with Crippen molar-refractivity contribution < 1.29 is 14.3 Å². The predicted octanol–water partition coefficient (Wildman–Crippen LogP) is 5.30. The lowest BCUT2D eigenvalue weighted by Crippen LogP contribution is -2.26. The van der Waals surface area contributed by atoms with Crippen molar-refractivity contribution in [3.05, 3.63) is 107 Å². The molecule has 1 aromatic heterocycles. The second-order valence-electron chi connectivity index (χ2n) is 8.06. The maximum atomic E-state index is 12.9. The van der Waals surface area contributed by atoms with Crippen LogP contribution in [0.3, 0.4) is 0 Å². The molecule has 0 saturated heterocycles. The van der Waals surface area contributed by atoms with E-state index < -0.39 is 5.97 Å². The Kier molecular flexibility index (Phi) is 6.87. The Morgan fingerprint density at radius 1 is 0.941 bits per heavy atom. The van der Waals surface area contributed by atoms with E-state index in [0.29, 0.717) is 12.1 Å². The fourth-order valence-electron chi connectivity index (χ4n) is 3.83. The fraction of sp³-hybridized carbons (Fsp3) is 0.179. The van der Waals surface area contributed by atoms with Crippen molar-refractivity contribution in [3.8, 4) is 16.9 Å². The number of amides is 1. The highest BCUT2D eigenvalue weighted by Crippen LogP contribution is 2.27. The van der Waals surface area contributed by atoms with Crippen LogP contribution >= 0.6 is 0 Å². The van der Waals surface area contributed by atoms with Crippen molar-refractivity contribution in [3.63, 3.8) is 0 Å². The number of rotatable bonds is 7. The number of aryl methyl sites for hydroxylation is 1. The fourth-order valence-corrected chi connectivity index (χ4v) is 3.83. The van der Waals surface area contributed by atoms with Gasteiger partial charge in [-0.1, -0.05) is 54.6 Å². The predicted molar refractivity (Wildman–Crippen MR) is 132 cm³/mol. The summed E-state index contributed by atoms with van der Waals surface area (Å²) in [6.45, 7) is 4.59. The van der Waals surface area contributed by atoms with Crippen LogP contribution in [0.2, 0.25) is 0 Å².